The van der Waals surface area contributed by atoms with E-state index in [1.165, 1.54) is 12.1 Å². The van der Waals surface area contributed by atoms with Crippen molar-refractivity contribution in [2.45, 2.75) is 6.54 Å². The summed E-state index contributed by atoms with van der Waals surface area (Å²) in [4.78, 5) is 10.7. The molecule has 106 valence electrons. The number of carboxylic acids is 1. The molecule has 0 unspecified atom stereocenters. The lowest BCUT2D eigenvalue weighted by atomic mass is 10.1. The van der Waals surface area contributed by atoms with Gasteiger partial charge >= 0.3 is 5.97 Å². The Bertz CT molecular complexity index is 560. The monoisotopic (exact) mass is 290 g/mol. The van der Waals surface area contributed by atoms with Crippen LogP contribution >= 0.6 is 0 Å². The van der Waals surface area contributed by atoms with Gasteiger partial charge in [0.15, 0.2) is 0 Å². The molecule has 0 saturated heterocycles. The fourth-order valence-electron chi connectivity index (χ4n) is 1.39. The lowest BCUT2D eigenvalue weighted by molar-refractivity contribution is 0.0696. The van der Waals surface area contributed by atoms with Gasteiger partial charge in [-0.15, -0.1) is 0 Å². The normalized spacial score (nSPS) is 11.5. The van der Waals surface area contributed by atoms with Gasteiger partial charge in [0.25, 0.3) is 0 Å². The second-order valence-corrected chi connectivity index (χ2v) is 5.79. The van der Waals surface area contributed by atoms with E-state index in [4.69, 9.17) is 5.11 Å². The highest BCUT2D eigenvalue weighted by Gasteiger charge is 2.08. The Hall–Kier alpha value is -1.51. The molecular weight excluding hydrogens is 275 g/mol. The first-order valence-electron chi connectivity index (χ1n) is 5.46. The Balaban J connectivity index is 2.49. The van der Waals surface area contributed by atoms with E-state index < -0.39 is 21.8 Å². The molecule has 3 N–H and O–H groups in total. The van der Waals surface area contributed by atoms with Crippen LogP contribution in [0.5, 0.6) is 0 Å². The number of halogens is 1. The number of benzene rings is 1. The highest BCUT2D eigenvalue weighted by Crippen LogP contribution is 2.10. The predicted octanol–water partition coefficient (Wildman–Crippen LogP) is 0.163. The Morgan fingerprint density at radius 2 is 2.05 bits per heavy atom. The number of nitrogens with one attached hydrogen (secondary N) is 2. The van der Waals surface area contributed by atoms with E-state index in [1.807, 2.05) is 0 Å². The molecule has 0 saturated carbocycles. The van der Waals surface area contributed by atoms with Crippen molar-refractivity contribution in [3.63, 3.8) is 0 Å². The van der Waals surface area contributed by atoms with Crippen molar-refractivity contribution in [2.24, 2.45) is 0 Å². The van der Waals surface area contributed by atoms with Crippen LogP contribution in [0.25, 0.3) is 0 Å². The molecule has 6 nitrogen and oxygen atoms in total. The van der Waals surface area contributed by atoms with Crippen molar-refractivity contribution >= 4 is 16.0 Å². The average molecular weight is 290 g/mol. The number of hydrogen-bond donors (Lipinski definition) is 3. The molecule has 0 aromatic heterocycles. The predicted molar refractivity (Wildman–Crippen MR) is 67.9 cm³/mol. The van der Waals surface area contributed by atoms with Crippen LogP contribution in [0.1, 0.15) is 15.9 Å². The maximum absolute atomic E-state index is 13.4. The van der Waals surface area contributed by atoms with E-state index in [1.54, 1.807) is 0 Å². The standard InChI is InChI=1S/C11H15FN2O4S/c1-19(17,18)14-5-4-13-7-9-6-8(11(15)16)2-3-10(9)12/h2-3,6,13-14H,4-5,7H2,1H3,(H,15,16). The second kappa shape index (κ2) is 6.60. The molecule has 0 heterocycles. The summed E-state index contributed by atoms with van der Waals surface area (Å²) in [5.74, 6) is -1.63. The van der Waals surface area contributed by atoms with Crippen molar-refractivity contribution in [3.8, 4) is 0 Å². The van der Waals surface area contributed by atoms with Crippen molar-refractivity contribution in [1.29, 1.82) is 0 Å². The number of sulfonamides is 1. The van der Waals surface area contributed by atoms with Gasteiger partial charge in [-0.05, 0) is 18.2 Å². The summed E-state index contributed by atoms with van der Waals surface area (Å²) in [5, 5.41) is 11.6. The Kier molecular flexibility index (Phi) is 5.40. The SMILES string of the molecule is CS(=O)(=O)NCCNCc1cc(C(=O)O)ccc1F. The van der Waals surface area contributed by atoms with Crippen LogP contribution in [-0.2, 0) is 16.6 Å². The van der Waals surface area contributed by atoms with Gasteiger partial charge < -0.3 is 10.4 Å². The van der Waals surface area contributed by atoms with Crippen LogP contribution in [0, 0.1) is 5.82 Å². The molecule has 0 radical (unpaired) electrons. The number of carboxylic acid groups (broad SMARTS) is 1. The van der Waals surface area contributed by atoms with Crippen molar-refractivity contribution in [2.75, 3.05) is 19.3 Å². The molecule has 0 spiro atoms. The highest BCUT2D eigenvalue weighted by molar-refractivity contribution is 7.88. The summed E-state index contributed by atoms with van der Waals surface area (Å²) in [6.45, 7) is 0.612. The minimum atomic E-state index is -3.24. The van der Waals surface area contributed by atoms with Gasteiger partial charge in [0, 0.05) is 25.2 Å². The molecule has 0 bridgehead atoms. The first-order valence-corrected chi connectivity index (χ1v) is 7.36. The Morgan fingerprint density at radius 1 is 1.37 bits per heavy atom. The molecule has 0 fully saturated rings. The molecule has 0 amide bonds. The number of aromatic carboxylic acids is 1. The number of carbonyl (C=O) groups is 1. The quantitative estimate of drug-likeness (QED) is 0.622. The van der Waals surface area contributed by atoms with Gasteiger partial charge in [0.1, 0.15) is 5.82 Å². The topological polar surface area (TPSA) is 95.5 Å². The van der Waals surface area contributed by atoms with Crippen LogP contribution < -0.4 is 10.0 Å². The molecule has 1 aromatic rings. The number of rotatable bonds is 7. The molecule has 1 aromatic carbocycles. The smallest absolute Gasteiger partial charge is 0.335 e. The van der Waals surface area contributed by atoms with E-state index in [-0.39, 0.29) is 24.2 Å². The lowest BCUT2D eigenvalue weighted by Crippen LogP contribution is -2.31. The lowest BCUT2D eigenvalue weighted by Gasteiger charge is -2.07. The largest absolute Gasteiger partial charge is 0.478 e. The number of hydrogen-bond acceptors (Lipinski definition) is 4. The van der Waals surface area contributed by atoms with E-state index in [9.17, 15) is 17.6 Å². The van der Waals surface area contributed by atoms with Crippen LogP contribution in [0.4, 0.5) is 4.39 Å². The van der Waals surface area contributed by atoms with Gasteiger partial charge in [0.05, 0.1) is 11.8 Å². The molecule has 0 aliphatic heterocycles. The van der Waals surface area contributed by atoms with Crippen molar-refractivity contribution < 1.29 is 22.7 Å². The summed E-state index contributed by atoms with van der Waals surface area (Å²) in [7, 11) is -3.24. The third kappa shape index (κ3) is 5.77. The van der Waals surface area contributed by atoms with Crippen LogP contribution in [0.3, 0.4) is 0 Å². The van der Waals surface area contributed by atoms with Crippen molar-refractivity contribution in [3.05, 3.63) is 35.1 Å². The zero-order valence-corrected chi connectivity index (χ0v) is 11.1. The molecular formula is C11H15FN2O4S. The fraction of sp³-hybridized carbons (Fsp3) is 0.364. The zero-order chi connectivity index (χ0) is 14.5. The molecule has 0 aliphatic rings. The van der Waals surface area contributed by atoms with Gasteiger partial charge in [-0.2, -0.15) is 0 Å². The summed E-state index contributed by atoms with van der Waals surface area (Å²) in [5.41, 5.74) is 0.228. The Morgan fingerprint density at radius 3 is 2.63 bits per heavy atom. The van der Waals surface area contributed by atoms with E-state index in [0.29, 0.717) is 6.54 Å². The van der Waals surface area contributed by atoms with Gasteiger partial charge in [-0.25, -0.2) is 22.3 Å². The summed E-state index contributed by atoms with van der Waals surface area (Å²) >= 11 is 0. The molecule has 1 rings (SSSR count). The summed E-state index contributed by atoms with van der Waals surface area (Å²) in [6, 6.07) is 3.52. The van der Waals surface area contributed by atoms with Gasteiger partial charge in [-0.1, -0.05) is 0 Å². The van der Waals surface area contributed by atoms with Crippen LogP contribution in [0.2, 0.25) is 0 Å². The first kappa shape index (κ1) is 15.5. The van der Waals surface area contributed by atoms with E-state index >= 15 is 0 Å². The second-order valence-electron chi connectivity index (χ2n) is 3.95. The zero-order valence-electron chi connectivity index (χ0n) is 10.3. The summed E-state index contributed by atoms with van der Waals surface area (Å²) < 4.78 is 37.2. The molecule has 0 atom stereocenters. The highest BCUT2D eigenvalue weighted by atomic mass is 32.2. The van der Waals surface area contributed by atoms with Crippen LogP contribution in [-0.4, -0.2) is 38.8 Å². The van der Waals surface area contributed by atoms with E-state index in [2.05, 4.69) is 10.0 Å². The minimum Gasteiger partial charge on any atom is -0.478 e. The summed E-state index contributed by atoms with van der Waals surface area (Å²) in [6.07, 6.45) is 1.04. The fourth-order valence-corrected chi connectivity index (χ4v) is 1.86. The maximum atomic E-state index is 13.4. The van der Waals surface area contributed by atoms with Gasteiger partial charge in [0.2, 0.25) is 10.0 Å². The molecule has 19 heavy (non-hydrogen) atoms. The minimum absolute atomic E-state index is 0.00691. The van der Waals surface area contributed by atoms with Crippen molar-refractivity contribution in [1.82, 2.24) is 10.0 Å². The first-order chi connectivity index (χ1) is 8.79. The van der Waals surface area contributed by atoms with E-state index in [0.717, 1.165) is 12.3 Å². The Labute approximate surface area is 110 Å². The third-order valence-electron chi connectivity index (χ3n) is 2.27. The maximum Gasteiger partial charge on any atom is 0.335 e. The molecule has 0 aliphatic carbocycles. The molecule has 8 heteroatoms. The van der Waals surface area contributed by atoms with Gasteiger partial charge in [-0.3, -0.25) is 0 Å². The van der Waals surface area contributed by atoms with Crippen LogP contribution in [0.15, 0.2) is 18.2 Å². The third-order valence-corrected chi connectivity index (χ3v) is 3.00. The average Bonchev–Trinajstić information content (AvgIpc) is 2.29.